The first-order valence-electron chi connectivity index (χ1n) is 10.9. The van der Waals surface area contributed by atoms with Gasteiger partial charge >= 0.3 is 6.03 Å². The van der Waals surface area contributed by atoms with Gasteiger partial charge in [0.25, 0.3) is 0 Å². The molecule has 1 saturated heterocycles. The van der Waals surface area contributed by atoms with Gasteiger partial charge in [-0.2, -0.15) is 4.98 Å². The number of imidazole rings is 1. The number of rotatable bonds is 6. The third kappa shape index (κ3) is 3.90. The number of hydrogen-bond acceptors (Lipinski definition) is 5. The van der Waals surface area contributed by atoms with E-state index in [1.165, 1.54) is 12.1 Å². The summed E-state index contributed by atoms with van der Waals surface area (Å²) in [6.45, 7) is 4.86. The van der Waals surface area contributed by atoms with Crippen LogP contribution in [0.5, 0.6) is 0 Å². The molecular formula is C23H25ClFN7O. The maximum absolute atomic E-state index is 14.3. The van der Waals surface area contributed by atoms with Crippen molar-refractivity contribution in [1.29, 1.82) is 0 Å². The number of urea groups is 1. The van der Waals surface area contributed by atoms with Crippen molar-refractivity contribution >= 4 is 29.4 Å². The molecule has 1 saturated carbocycles. The highest BCUT2D eigenvalue weighted by Crippen LogP contribution is 2.47. The zero-order valence-electron chi connectivity index (χ0n) is 18.7. The molecule has 0 bridgehead atoms. The summed E-state index contributed by atoms with van der Waals surface area (Å²) in [6.07, 6.45) is 6.72. The summed E-state index contributed by atoms with van der Waals surface area (Å²) in [5.41, 5.74) is 0.682. The second kappa shape index (κ2) is 7.98. The van der Waals surface area contributed by atoms with Crippen LogP contribution in [0, 0.1) is 11.7 Å². The van der Waals surface area contributed by atoms with Crippen LogP contribution in [-0.2, 0) is 5.54 Å². The number of aromatic nitrogens is 4. The number of anilines is 2. The summed E-state index contributed by atoms with van der Waals surface area (Å²) >= 11 is 6.04. The predicted molar refractivity (Wildman–Crippen MR) is 124 cm³/mol. The Kier molecular flexibility index (Phi) is 5.23. The maximum atomic E-state index is 14.3. The summed E-state index contributed by atoms with van der Waals surface area (Å²) in [6, 6.07) is 6.15. The van der Waals surface area contributed by atoms with Gasteiger partial charge in [0.1, 0.15) is 11.6 Å². The van der Waals surface area contributed by atoms with Crippen LogP contribution in [-0.4, -0.2) is 50.1 Å². The number of carbonyl (C=O) groups excluding carboxylic acids is 1. The second-order valence-corrected chi connectivity index (χ2v) is 9.49. The molecule has 1 aliphatic carbocycles. The summed E-state index contributed by atoms with van der Waals surface area (Å²) < 4.78 is 15.9. The number of amides is 2. The van der Waals surface area contributed by atoms with Gasteiger partial charge in [0, 0.05) is 31.0 Å². The Morgan fingerprint density at radius 1 is 1.24 bits per heavy atom. The molecule has 1 aromatic carbocycles. The average molecular weight is 470 g/mol. The largest absolute Gasteiger partial charge is 0.343 e. The van der Waals surface area contributed by atoms with E-state index < -0.39 is 5.54 Å². The van der Waals surface area contributed by atoms with Crippen LogP contribution in [0.4, 0.5) is 21.0 Å². The molecule has 3 aromatic rings. The Bertz CT molecular complexity index is 1210. The highest BCUT2D eigenvalue weighted by molar-refractivity contribution is 6.30. The lowest BCUT2D eigenvalue weighted by Gasteiger charge is -2.25. The molecule has 172 valence electrons. The number of likely N-dealkylation sites (N-methyl/N-ethyl adjacent to an activating group) is 1. The van der Waals surface area contributed by atoms with Crippen LogP contribution < -0.4 is 10.2 Å². The lowest BCUT2D eigenvalue weighted by Crippen LogP contribution is -2.38. The Hall–Kier alpha value is -3.20. The van der Waals surface area contributed by atoms with E-state index in [-0.39, 0.29) is 23.8 Å². The van der Waals surface area contributed by atoms with Gasteiger partial charge in [0.2, 0.25) is 5.95 Å². The lowest BCUT2D eigenvalue weighted by molar-refractivity contribution is 0.229. The van der Waals surface area contributed by atoms with Crippen LogP contribution in [0.2, 0.25) is 5.02 Å². The Balaban J connectivity index is 1.40. The van der Waals surface area contributed by atoms with Gasteiger partial charge in [-0.05, 0) is 43.0 Å². The van der Waals surface area contributed by atoms with Gasteiger partial charge in [-0.15, -0.1) is 0 Å². The minimum Gasteiger partial charge on any atom is -0.343 e. The molecule has 5 rings (SSSR count). The third-order valence-electron chi connectivity index (χ3n) is 6.34. The topological polar surface area (TPSA) is 79.2 Å². The zero-order chi connectivity index (χ0) is 23.3. The Labute approximate surface area is 196 Å². The van der Waals surface area contributed by atoms with E-state index in [1.807, 2.05) is 0 Å². The Morgan fingerprint density at radius 2 is 2.03 bits per heavy atom. The van der Waals surface area contributed by atoms with Crippen molar-refractivity contribution in [3.63, 3.8) is 0 Å². The fourth-order valence-corrected chi connectivity index (χ4v) is 4.42. The zero-order valence-corrected chi connectivity index (χ0v) is 19.4. The average Bonchev–Trinajstić information content (AvgIpc) is 3.25. The Morgan fingerprint density at radius 3 is 2.76 bits per heavy atom. The molecule has 1 aliphatic heterocycles. The molecule has 0 spiro atoms. The molecule has 2 amide bonds. The number of halogens is 2. The van der Waals surface area contributed by atoms with Crippen molar-refractivity contribution in [3.8, 4) is 5.69 Å². The molecule has 2 aliphatic rings. The smallest absolute Gasteiger partial charge is 0.325 e. The predicted octanol–water partition coefficient (Wildman–Crippen LogP) is 4.45. The molecule has 0 unspecified atom stereocenters. The monoisotopic (exact) mass is 469 g/mol. The van der Waals surface area contributed by atoms with Crippen LogP contribution in [0.25, 0.3) is 5.69 Å². The fourth-order valence-electron chi connectivity index (χ4n) is 4.26. The highest BCUT2D eigenvalue weighted by atomic mass is 35.5. The quantitative estimate of drug-likeness (QED) is 0.577. The number of benzene rings is 1. The summed E-state index contributed by atoms with van der Waals surface area (Å²) in [5.74, 6) is 0.911. The van der Waals surface area contributed by atoms with Crippen LogP contribution in [0.3, 0.4) is 0 Å². The molecule has 1 atom stereocenters. The number of nitrogens with zero attached hydrogens (tertiary/aromatic N) is 6. The normalized spacial score (nSPS) is 19.5. The van der Waals surface area contributed by atoms with Crippen molar-refractivity contribution < 1.29 is 9.18 Å². The first kappa shape index (κ1) is 21.6. The molecule has 1 N–H and O–H groups in total. The van der Waals surface area contributed by atoms with E-state index in [0.717, 1.165) is 18.5 Å². The minimum atomic E-state index is -0.428. The number of hydrogen-bond donors (Lipinski definition) is 1. The maximum Gasteiger partial charge on any atom is 0.325 e. The molecular weight excluding hydrogens is 445 g/mol. The SMILES string of the molecule is CC(C)[C@H]1CN(C)C(=O)N1c1ccnc(NC2(c3cn(-c4cc(Cl)ccc4F)cn3)CC2)n1. The van der Waals surface area contributed by atoms with Gasteiger partial charge < -0.3 is 14.8 Å². The molecule has 3 heterocycles. The molecule has 10 heteroatoms. The van der Waals surface area contributed by atoms with Gasteiger partial charge in [-0.1, -0.05) is 25.4 Å². The highest BCUT2D eigenvalue weighted by Gasteiger charge is 2.47. The van der Waals surface area contributed by atoms with Gasteiger partial charge in [0.05, 0.1) is 29.3 Å². The lowest BCUT2D eigenvalue weighted by atomic mass is 10.0. The minimum absolute atomic E-state index is 0.0448. The molecule has 8 nitrogen and oxygen atoms in total. The van der Waals surface area contributed by atoms with Crippen molar-refractivity contribution in [3.05, 3.63) is 59.5 Å². The molecule has 33 heavy (non-hydrogen) atoms. The van der Waals surface area contributed by atoms with Crippen molar-refractivity contribution in [1.82, 2.24) is 24.4 Å². The standard InChI is InChI=1S/C23H25ClFN7O/c1-14(2)18-11-30(3)22(33)32(18)20-6-9-26-21(28-20)29-23(7-8-23)19-12-31(13-27-19)17-10-15(24)4-5-16(17)25/h4-6,9-10,12-14,18H,7-8,11H2,1-3H3,(H,26,28,29)/t18-/m1/s1. The second-order valence-electron chi connectivity index (χ2n) is 9.05. The number of carbonyl (C=O) groups is 1. The van der Waals surface area contributed by atoms with Crippen LogP contribution in [0.15, 0.2) is 43.0 Å². The van der Waals surface area contributed by atoms with E-state index >= 15 is 0 Å². The van der Waals surface area contributed by atoms with Crippen molar-refractivity contribution in [2.24, 2.45) is 5.92 Å². The first-order valence-corrected chi connectivity index (χ1v) is 11.3. The van der Waals surface area contributed by atoms with E-state index in [0.29, 0.717) is 29.0 Å². The summed E-state index contributed by atoms with van der Waals surface area (Å²) in [7, 11) is 1.80. The van der Waals surface area contributed by atoms with Gasteiger partial charge in [-0.25, -0.2) is 19.2 Å². The third-order valence-corrected chi connectivity index (χ3v) is 6.58. The summed E-state index contributed by atoms with van der Waals surface area (Å²) in [4.78, 5) is 29.8. The van der Waals surface area contributed by atoms with E-state index in [9.17, 15) is 9.18 Å². The van der Waals surface area contributed by atoms with Crippen LogP contribution >= 0.6 is 11.6 Å². The van der Waals surface area contributed by atoms with Crippen LogP contribution in [0.1, 0.15) is 32.4 Å². The van der Waals surface area contributed by atoms with E-state index in [4.69, 9.17) is 11.6 Å². The molecule has 0 radical (unpaired) electrons. The summed E-state index contributed by atoms with van der Waals surface area (Å²) in [5, 5.41) is 3.85. The first-order chi connectivity index (χ1) is 15.8. The molecule has 2 aromatic heterocycles. The van der Waals surface area contributed by atoms with Crippen molar-refractivity contribution in [2.75, 3.05) is 23.8 Å². The van der Waals surface area contributed by atoms with Crippen molar-refractivity contribution in [2.45, 2.75) is 38.3 Å². The number of nitrogens with one attached hydrogen (secondary N) is 1. The van der Waals surface area contributed by atoms with E-state index in [2.05, 4.69) is 34.1 Å². The fraction of sp³-hybridized carbons (Fsp3) is 0.391. The van der Waals surface area contributed by atoms with Gasteiger partial charge in [-0.3, -0.25) is 4.90 Å². The molecule has 2 fully saturated rings. The van der Waals surface area contributed by atoms with E-state index in [1.54, 1.807) is 52.3 Å². The van der Waals surface area contributed by atoms with Gasteiger partial charge in [0.15, 0.2) is 0 Å².